The highest BCUT2D eigenvalue weighted by atomic mass is 15.2. The molecule has 1 atom stereocenters. The van der Waals surface area contributed by atoms with Crippen molar-refractivity contribution in [2.45, 2.75) is 13.0 Å². The topological polar surface area (TPSA) is 55.0 Å². The number of nitrogens with two attached hydrogens (primary N) is 1. The molecule has 1 aromatic heterocycles. The van der Waals surface area contributed by atoms with Gasteiger partial charge in [-0.1, -0.05) is 18.2 Å². The van der Waals surface area contributed by atoms with Crippen LogP contribution in [-0.4, -0.2) is 29.8 Å². The molecule has 0 spiro atoms. The molecule has 0 aliphatic rings. The molecule has 0 saturated heterocycles. The lowest BCUT2D eigenvalue weighted by Crippen LogP contribution is -2.32. The Bertz CT molecular complexity index is 476. The number of hydrogen-bond acceptors (Lipinski definition) is 4. The van der Waals surface area contributed by atoms with Gasteiger partial charge in [0.25, 0.3) is 0 Å². The second kappa shape index (κ2) is 4.45. The molecule has 0 radical (unpaired) electrons. The third-order valence-electron chi connectivity index (χ3n) is 2.50. The van der Waals surface area contributed by atoms with Crippen molar-refractivity contribution < 1.29 is 0 Å². The molecule has 0 saturated carbocycles. The van der Waals surface area contributed by atoms with E-state index in [2.05, 4.69) is 21.2 Å². The van der Waals surface area contributed by atoms with E-state index in [4.69, 9.17) is 5.73 Å². The molecule has 0 amide bonds. The van der Waals surface area contributed by atoms with Gasteiger partial charge >= 0.3 is 0 Å². The first-order chi connectivity index (χ1) is 7.68. The van der Waals surface area contributed by atoms with Crippen molar-refractivity contribution in [2.24, 2.45) is 5.73 Å². The molecule has 4 nitrogen and oxygen atoms in total. The van der Waals surface area contributed by atoms with Gasteiger partial charge in [0.15, 0.2) is 0 Å². The van der Waals surface area contributed by atoms with E-state index >= 15 is 0 Å². The van der Waals surface area contributed by atoms with E-state index in [0.717, 1.165) is 23.1 Å². The van der Waals surface area contributed by atoms with Gasteiger partial charge in [-0.3, -0.25) is 0 Å². The molecule has 1 aromatic carbocycles. The maximum Gasteiger partial charge on any atom is 0.0950 e. The fourth-order valence-electron chi connectivity index (χ4n) is 1.83. The summed E-state index contributed by atoms with van der Waals surface area (Å²) in [5.41, 5.74) is 7.78. The average molecular weight is 216 g/mol. The zero-order valence-corrected chi connectivity index (χ0v) is 9.59. The Kier molecular flexibility index (Phi) is 3.01. The number of fused-ring (bicyclic) bond motifs is 1. The second-order valence-electron chi connectivity index (χ2n) is 4.10. The van der Waals surface area contributed by atoms with E-state index in [9.17, 15) is 0 Å². The lowest BCUT2D eigenvalue weighted by atomic mass is 10.2. The summed E-state index contributed by atoms with van der Waals surface area (Å²) in [6, 6.07) is 8.12. The smallest absolute Gasteiger partial charge is 0.0950 e. The van der Waals surface area contributed by atoms with E-state index in [1.165, 1.54) is 0 Å². The predicted molar refractivity (Wildman–Crippen MR) is 66.5 cm³/mol. The molecule has 0 unspecified atom stereocenters. The lowest BCUT2D eigenvalue weighted by Gasteiger charge is -2.22. The van der Waals surface area contributed by atoms with Gasteiger partial charge in [0.2, 0.25) is 0 Å². The molecule has 84 valence electrons. The molecular weight excluding hydrogens is 200 g/mol. The van der Waals surface area contributed by atoms with E-state index < -0.39 is 0 Å². The van der Waals surface area contributed by atoms with Gasteiger partial charge < -0.3 is 10.6 Å². The van der Waals surface area contributed by atoms with Crippen LogP contribution in [0.25, 0.3) is 10.9 Å². The van der Waals surface area contributed by atoms with Crippen molar-refractivity contribution in [1.82, 2.24) is 10.2 Å². The Morgan fingerprint density at radius 3 is 2.88 bits per heavy atom. The summed E-state index contributed by atoms with van der Waals surface area (Å²) in [6.45, 7) is 2.79. The van der Waals surface area contributed by atoms with Crippen molar-refractivity contribution in [3.8, 4) is 0 Å². The second-order valence-corrected chi connectivity index (χ2v) is 4.10. The van der Waals surface area contributed by atoms with E-state index in [1.807, 2.05) is 32.2 Å². The van der Waals surface area contributed by atoms with Crippen LogP contribution in [0, 0.1) is 0 Å². The van der Waals surface area contributed by atoms with Gasteiger partial charge in [0, 0.05) is 25.0 Å². The lowest BCUT2D eigenvalue weighted by molar-refractivity contribution is 0.717. The third-order valence-corrected chi connectivity index (χ3v) is 2.50. The van der Waals surface area contributed by atoms with Crippen molar-refractivity contribution >= 4 is 16.6 Å². The van der Waals surface area contributed by atoms with Crippen LogP contribution in [0.2, 0.25) is 0 Å². The first kappa shape index (κ1) is 10.8. The molecule has 2 N–H and O–H groups in total. The Morgan fingerprint density at radius 1 is 1.38 bits per heavy atom. The summed E-state index contributed by atoms with van der Waals surface area (Å²) < 4.78 is 0. The summed E-state index contributed by atoms with van der Waals surface area (Å²) in [5, 5.41) is 9.22. The van der Waals surface area contributed by atoms with Crippen molar-refractivity contribution in [3.05, 3.63) is 30.5 Å². The van der Waals surface area contributed by atoms with Crippen LogP contribution in [0.4, 0.5) is 5.69 Å². The summed E-state index contributed by atoms with van der Waals surface area (Å²) >= 11 is 0. The number of benzene rings is 1. The van der Waals surface area contributed by atoms with Gasteiger partial charge in [-0.05, 0) is 13.0 Å². The van der Waals surface area contributed by atoms with Gasteiger partial charge in [-0.25, -0.2) is 0 Å². The van der Waals surface area contributed by atoms with E-state index in [0.29, 0.717) is 0 Å². The highest BCUT2D eigenvalue weighted by molar-refractivity contribution is 5.90. The predicted octanol–water partition coefficient (Wildman–Crippen LogP) is 1.41. The molecule has 0 fully saturated rings. The number of nitrogens with zero attached hydrogens (tertiary/aromatic N) is 3. The highest BCUT2D eigenvalue weighted by Crippen LogP contribution is 2.22. The van der Waals surface area contributed by atoms with Gasteiger partial charge in [0.1, 0.15) is 0 Å². The van der Waals surface area contributed by atoms with Crippen molar-refractivity contribution in [2.75, 3.05) is 18.5 Å². The maximum absolute atomic E-state index is 5.80. The zero-order chi connectivity index (χ0) is 11.5. The Balaban J connectivity index is 2.44. The SMILES string of the molecule is C[C@@H](N)CN(C)c1cnnc2ccccc12. The third kappa shape index (κ3) is 2.12. The molecule has 0 aliphatic carbocycles. The number of hydrogen-bond donors (Lipinski definition) is 1. The van der Waals surface area contributed by atoms with Gasteiger partial charge in [-0.15, -0.1) is 0 Å². The minimum Gasteiger partial charge on any atom is -0.371 e. The summed E-state index contributed by atoms with van der Waals surface area (Å²) in [4.78, 5) is 2.11. The quantitative estimate of drug-likeness (QED) is 0.843. The standard InChI is InChI=1S/C12H16N4/c1-9(13)8-16(2)12-7-14-15-11-6-4-3-5-10(11)12/h3-7,9H,8,13H2,1-2H3/t9-/m1/s1. The molecule has 2 rings (SSSR count). The fraction of sp³-hybridized carbons (Fsp3) is 0.333. The van der Waals surface area contributed by atoms with Crippen LogP contribution < -0.4 is 10.6 Å². The molecule has 1 heterocycles. The summed E-state index contributed by atoms with van der Waals surface area (Å²) in [7, 11) is 2.02. The number of likely N-dealkylation sites (N-methyl/N-ethyl adjacent to an activating group) is 1. The number of aromatic nitrogens is 2. The minimum atomic E-state index is 0.136. The molecule has 0 bridgehead atoms. The zero-order valence-electron chi connectivity index (χ0n) is 9.59. The van der Waals surface area contributed by atoms with Crippen molar-refractivity contribution in [1.29, 1.82) is 0 Å². The molecule has 16 heavy (non-hydrogen) atoms. The van der Waals surface area contributed by atoms with Crippen LogP contribution in [0.15, 0.2) is 30.5 Å². The van der Waals surface area contributed by atoms with Gasteiger partial charge in [0.05, 0.1) is 17.4 Å². The van der Waals surface area contributed by atoms with Crippen LogP contribution >= 0.6 is 0 Å². The average Bonchev–Trinajstić information content (AvgIpc) is 2.27. The van der Waals surface area contributed by atoms with Crippen LogP contribution in [-0.2, 0) is 0 Å². The van der Waals surface area contributed by atoms with E-state index in [-0.39, 0.29) is 6.04 Å². The van der Waals surface area contributed by atoms with Gasteiger partial charge in [-0.2, -0.15) is 10.2 Å². The fourth-order valence-corrected chi connectivity index (χ4v) is 1.83. The Labute approximate surface area is 95.1 Å². The molecule has 4 heteroatoms. The summed E-state index contributed by atoms with van der Waals surface area (Å²) in [6.07, 6.45) is 1.78. The van der Waals surface area contributed by atoms with Crippen LogP contribution in [0.3, 0.4) is 0 Å². The molecular formula is C12H16N4. The maximum atomic E-state index is 5.80. The Morgan fingerprint density at radius 2 is 2.12 bits per heavy atom. The first-order valence-corrected chi connectivity index (χ1v) is 5.35. The normalized spacial score (nSPS) is 12.7. The van der Waals surface area contributed by atoms with E-state index in [1.54, 1.807) is 6.20 Å². The van der Waals surface area contributed by atoms with Crippen molar-refractivity contribution in [3.63, 3.8) is 0 Å². The first-order valence-electron chi connectivity index (χ1n) is 5.35. The number of rotatable bonds is 3. The minimum absolute atomic E-state index is 0.136. The monoisotopic (exact) mass is 216 g/mol. The number of anilines is 1. The molecule has 2 aromatic rings. The summed E-state index contributed by atoms with van der Waals surface area (Å²) in [5.74, 6) is 0. The van der Waals surface area contributed by atoms with Crippen LogP contribution in [0.1, 0.15) is 6.92 Å². The Hall–Kier alpha value is -1.68. The highest BCUT2D eigenvalue weighted by Gasteiger charge is 2.08. The largest absolute Gasteiger partial charge is 0.371 e. The molecule has 0 aliphatic heterocycles. The van der Waals surface area contributed by atoms with Crippen LogP contribution in [0.5, 0.6) is 0 Å².